The lowest BCUT2D eigenvalue weighted by molar-refractivity contribution is 0.0525. The fourth-order valence-electron chi connectivity index (χ4n) is 5.43. The van der Waals surface area contributed by atoms with Crippen molar-refractivity contribution in [3.05, 3.63) is 46.8 Å². The SMILES string of the molecule is CCOC(=O)c1cnc(N(CC2CC2)c2cc3c4c(c2)CCCC4(C)CCC3)nc1. The van der Waals surface area contributed by atoms with Crippen LogP contribution in [0.4, 0.5) is 11.6 Å². The summed E-state index contributed by atoms with van der Waals surface area (Å²) in [5, 5.41) is 0. The number of carbonyl (C=O) groups excluding carboxylic acids is 1. The van der Waals surface area contributed by atoms with Gasteiger partial charge in [-0.15, -0.1) is 0 Å². The maximum atomic E-state index is 12.0. The molecule has 5 nitrogen and oxygen atoms in total. The Bertz CT molecular complexity index is 918. The zero-order chi connectivity index (χ0) is 20.7. The molecule has 0 bridgehead atoms. The Labute approximate surface area is 178 Å². The van der Waals surface area contributed by atoms with Crippen LogP contribution in [0.1, 0.15) is 79.4 Å². The molecular weight excluding hydrogens is 374 g/mol. The normalized spacial score (nSPS) is 19.1. The number of hydrogen-bond donors (Lipinski definition) is 0. The van der Waals surface area contributed by atoms with Crippen molar-refractivity contribution >= 4 is 17.6 Å². The molecule has 158 valence electrons. The molecule has 1 heterocycles. The quantitative estimate of drug-likeness (QED) is 0.624. The molecule has 5 rings (SSSR count). The summed E-state index contributed by atoms with van der Waals surface area (Å²) in [4.78, 5) is 23.4. The van der Waals surface area contributed by atoms with Crippen molar-refractivity contribution < 1.29 is 9.53 Å². The summed E-state index contributed by atoms with van der Waals surface area (Å²) in [6, 6.07) is 4.79. The van der Waals surface area contributed by atoms with Crippen LogP contribution in [0.15, 0.2) is 24.5 Å². The van der Waals surface area contributed by atoms with Gasteiger partial charge in [0.05, 0.1) is 12.2 Å². The number of benzene rings is 1. The first-order valence-electron chi connectivity index (χ1n) is 11.5. The van der Waals surface area contributed by atoms with Gasteiger partial charge in [-0.3, -0.25) is 0 Å². The van der Waals surface area contributed by atoms with E-state index in [-0.39, 0.29) is 5.97 Å². The fourth-order valence-corrected chi connectivity index (χ4v) is 5.43. The van der Waals surface area contributed by atoms with Gasteiger partial charge in [0.1, 0.15) is 0 Å². The first-order chi connectivity index (χ1) is 14.6. The topological polar surface area (TPSA) is 55.3 Å². The molecular formula is C25H31N3O2. The van der Waals surface area contributed by atoms with E-state index in [0.717, 1.165) is 6.54 Å². The van der Waals surface area contributed by atoms with Crippen LogP contribution < -0.4 is 4.90 Å². The molecule has 1 aromatic heterocycles. The summed E-state index contributed by atoms with van der Waals surface area (Å²) in [6.45, 7) is 5.56. The van der Waals surface area contributed by atoms with Crippen LogP contribution in [0.2, 0.25) is 0 Å². The summed E-state index contributed by atoms with van der Waals surface area (Å²) in [6.07, 6.45) is 13.3. The maximum Gasteiger partial charge on any atom is 0.341 e. The summed E-state index contributed by atoms with van der Waals surface area (Å²) in [7, 11) is 0. The lowest BCUT2D eigenvalue weighted by atomic mass is 9.63. The van der Waals surface area contributed by atoms with E-state index in [4.69, 9.17) is 4.74 Å². The number of anilines is 2. The standard InChI is InChI=1S/C25H31N3O2/c1-3-30-23(29)20-14-26-24(27-15-20)28(16-17-8-9-17)21-12-18-6-4-10-25(2)11-5-7-19(13-21)22(18)25/h12-15,17H,3-11,16H2,1-2H3. The van der Waals surface area contributed by atoms with Gasteiger partial charge in [-0.2, -0.15) is 0 Å². The van der Waals surface area contributed by atoms with Gasteiger partial charge in [-0.05, 0) is 98.4 Å². The van der Waals surface area contributed by atoms with Crippen LogP contribution in [0, 0.1) is 5.92 Å². The minimum absolute atomic E-state index is 0.352. The van der Waals surface area contributed by atoms with Gasteiger partial charge in [-0.1, -0.05) is 6.92 Å². The molecule has 3 aliphatic rings. The molecule has 0 N–H and O–H groups in total. The lowest BCUT2D eigenvalue weighted by Crippen LogP contribution is -2.33. The lowest BCUT2D eigenvalue weighted by Gasteiger charge is -2.42. The predicted octanol–water partition coefficient (Wildman–Crippen LogP) is 5.13. The highest BCUT2D eigenvalue weighted by Gasteiger charge is 2.37. The van der Waals surface area contributed by atoms with Crippen molar-refractivity contribution in [1.82, 2.24) is 9.97 Å². The van der Waals surface area contributed by atoms with Crippen molar-refractivity contribution in [3.8, 4) is 0 Å². The zero-order valence-electron chi connectivity index (χ0n) is 18.1. The van der Waals surface area contributed by atoms with Crippen LogP contribution in [-0.4, -0.2) is 29.1 Å². The highest BCUT2D eigenvalue weighted by Crippen LogP contribution is 2.48. The number of carbonyl (C=O) groups is 1. The molecule has 0 spiro atoms. The van der Waals surface area contributed by atoms with E-state index in [1.807, 2.05) is 0 Å². The van der Waals surface area contributed by atoms with Crippen LogP contribution >= 0.6 is 0 Å². The molecule has 1 fully saturated rings. The molecule has 2 aromatic rings. The zero-order valence-corrected chi connectivity index (χ0v) is 18.1. The van der Waals surface area contributed by atoms with Gasteiger partial charge in [0.15, 0.2) is 0 Å². The minimum Gasteiger partial charge on any atom is -0.462 e. The number of hydrogen-bond acceptors (Lipinski definition) is 5. The van der Waals surface area contributed by atoms with Gasteiger partial charge in [-0.25, -0.2) is 14.8 Å². The van der Waals surface area contributed by atoms with Crippen LogP contribution in [0.3, 0.4) is 0 Å². The first kappa shape index (κ1) is 19.5. The average Bonchev–Trinajstić information content (AvgIpc) is 3.56. The van der Waals surface area contributed by atoms with Gasteiger partial charge in [0.2, 0.25) is 5.95 Å². The first-order valence-corrected chi connectivity index (χ1v) is 11.5. The highest BCUT2D eigenvalue weighted by molar-refractivity contribution is 5.88. The fraction of sp³-hybridized carbons (Fsp3) is 0.560. The molecule has 5 heteroatoms. The molecule has 30 heavy (non-hydrogen) atoms. The smallest absolute Gasteiger partial charge is 0.341 e. The number of aromatic nitrogens is 2. The third-order valence-corrected chi connectivity index (χ3v) is 7.08. The molecule has 1 aromatic carbocycles. The number of ether oxygens (including phenoxy) is 1. The van der Waals surface area contributed by atoms with E-state index < -0.39 is 0 Å². The van der Waals surface area contributed by atoms with E-state index >= 15 is 0 Å². The van der Waals surface area contributed by atoms with Crippen LogP contribution in [0.25, 0.3) is 0 Å². The van der Waals surface area contributed by atoms with Crippen molar-refractivity contribution in [3.63, 3.8) is 0 Å². The van der Waals surface area contributed by atoms with E-state index in [9.17, 15) is 4.79 Å². The second-order valence-corrected chi connectivity index (χ2v) is 9.45. The van der Waals surface area contributed by atoms with E-state index in [2.05, 4.69) is 33.9 Å². The molecule has 0 amide bonds. The van der Waals surface area contributed by atoms with Crippen molar-refractivity contribution in [2.24, 2.45) is 5.92 Å². The molecule has 0 aliphatic heterocycles. The second kappa shape index (κ2) is 7.68. The predicted molar refractivity (Wildman–Crippen MR) is 117 cm³/mol. The van der Waals surface area contributed by atoms with Crippen molar-refractivity contribution in [2.75, 3.05) is 18.1 Å². The molecule has 0 saturated heterocycles. The Morgan fingerprint density at radius 3 is 2.33 bits per heavy atom. The Morgan fingerprint density at radius 2 is 1.77 bits per heavy atom. The van der Waals surface area contributed by atoms with Crippen LogP contribution in [-0.2, 0) is 23.0 Å². The third-order valence-electron chi connectivity index (χ3n) is 7.08. The van der Waals surface area contributed by atoms with Crippen molar-refractivity contribution in [2.45, 2.75) is 70.6 Å². The molecule has 0 radical (unpaired) electrons. The molecule has 1 saturated carbocycles. The Balaban J connectivity index is 1.51. The van der Waals surface area contributed by atoms with Gasteiger partial charge < -0.3 is 9.64 Å². The summed E-state index contributed by atoms with van der Waals surface area (Å²) < 4.78 is 5.07. The molecule has 3 aliphatic carbocycles. The van der Waals surface area contributed by atoms with Gasteiger partial charge in [0, 0.05) is 24.6 Å². The molecule has 0 unspecified atom stereocenters. The van der Waals surface area contributed by atoms with Crippen molar-refractivity contribution in [1.29, 1.82) is 0 Å². The monoisotopic (exact) mass is 405 g/mol. The molecule has 0 atom stereocenters. The third kappa shape index (κ3) is 3.59. The summed E-state index contributed by atoms with van der Waals surface area (Å²) in [5.41, 5.74) is 6.67. The summed E-state index contributed by atoms with van der Waals surface area (Å²) >= 11 is 0. The Kier molecular flexibility index (Phi) is 5.00. The van der Waals surface area contributed by atoms with Crippen LogP contribution in [0.5, 0.6) is 0 Å². The maximum absolute atomic E-state index is 12.0. The largest absolute Gasteiger partial charge is 0.462 e. The second-order valence-electron chi connectivity index (χ2n) is 9.45. The van der Waals surface area contributed by atoms with E-state index in [1.165, 1.54) is 68.2 Å². The Hall–Kier alpha value is -2.43. The number of nitrogens with zero attached hydrogens (tertiary/aromatic N) is 3. The minimum atomic E-state index is -0.365. The number of rotatable bonds is 6. The van der Waals surface area contributed by atoms with Gasteiger partial charge >= 0.3 is 5.97 Å². The number of aryl methyl sites for hydroxylation is 2. The van der Waals surface area contributed by atoms with Gasteiger partial charge in [0.25, 0.3) is 0 Å². The highest BCUT2D eigenvalue weighted by atomic mass is 16.5. The number of esters is 1. The Morgan fingerprint density at radius 1 is 1.13 bits per heavy atom. The average molecular weight is 406 g/mol. The summed E-state index contributed by atoms with van der Waals surface area (Å²) in [5.74, 6) is 1.02. The van der Waals surface area contributed by atoms with E-state index in [1.54, 1.807) is 24.9 Å². The van der Waals surface area contributed by atoms with E-state index in [0.29, 0.717) is 29.5 Å².